The maximum atomic E-state index is 12.7. The highest BCUT2D eigenvalue weighted by molar-refractivity contribution is 5.85. The van der Waals surface area contributed by atoms with Gasteiger partial charge in [0.15, 0.2) is 6.29 Å². The zero-order valence-corrected chi connectivity index (χ0v) is 25.7. The lowest BCUT2D eigenvalue weighted by Gasteiger charge is -2.66. The van der Waals surface area contributed by atoms with Crippen LogP contribution in [0.2, 0.25) is 0 Å². The number of aliphatic hydroxyl groups is 4. The molecule has 0 amide bonds. The summed E-state index contributed by atoms with van der Waals surface area (Å²) < 4.78 is 28.5. The maximum Gasteiger partial charge on any atom is 0.331 e. The molecule has 0 radical (unpaired) electrons. The zero-order valence-electron chi connectivity index (χ0n) is 25.7. The number of fused-ring (bicyclic) bond motifs is 5. The van der Waals surface area contributed by atoms with Crippen molar-refractivity contribution in [1.82, 2.24) is 0 Å². The number of methoxy groups -OCH3 is 1. The van der Waals surface area contributed by atoms with Crippen LogP contribution in [-0.4, -0.2) is 100 Å². The summed E-state index contributed by atoms with van der Waals surface area (Å²) in [4.78, 5) is 24.3. The molecule has 0 aromatic carbocycles. The molecule has 13 atom stereocenters. The smallest absolute Gasteiger partial charge is 0.331 e. The normalized spacial score (nSPS) is 51.0. The van der Waals surface area contributed by atoms with Crippen LogP contribution in [0.25, 0.3) is 0 Å². The Hall–Kier alpha value is -1.86. The van der Waals surface area contributed by atoms with Crippen LogP contribution in [0.3, 0.4) is 0 Å². The molecule has 2 heterocycles. The van der Waals surface area contributed by atoms with E-state index < -0.39 is 70.9 Å². The zero-order chi connectivity index (χ0) is 31.1. The predicted octanol–water partition coefficient (Wildman–Crippen LogP) is 1.69. The number of carbonyl (C=O) groups excluding carboxylic acids is 2. The molecule has 0 unspecified atom stereocenters. The number of esters is 2. The Balaban J connectivity index is 1.32. The van der Waals surface area contributed by atoms with Crippen molar-refractivity contribution in [3.05, 3.63) is 23.3 Å². The Morgan fingerprint density at radius 3 is 2.47 bits per heavy atom. The molecule has 4 N–H and O–H groups in total. The van der Waals surface area contributed by atoms with Gasteiger partial charge in [-0.1, -0.05) is 19.9 Å². The summed E-state index contributed by atoms with van der Waals surface area (Å²) in [6.07, 6.45) is 0.937. The van der Waals surface area contributed by atoms with Gasteiger partial charge in [-0.15, -0.1) is 0 Å². The van der Waals surface area contributed by atoms with E-state index in [0.717, 1.165) is 11.1 Å². The second kappa shape index (κ2) is 10.6. The van der Waals surface area contributed by atoms with Crippen LogP contribution >= 0.6 is 0 Å². The molecule has 0 aromatic rings. The SMILES string of the molecule is CO[C@H]1[C@@H](O)[C@@H](C)O[C@@H](O[C@@H]2C=C3[C@@H](OC(C)=O)C[C@@]4(O)[C@@H](CC[C@]5(C)[C@@H](C6=CC(=O)OC6)CC[C@]45O)[C@@]3(C)CC2)[C@@H]1O. The summed E-state index contributed by atoms with van der Waals surface area (Å²) in [5, 5.41) is 46.6. The summed E-state index contributed by atoms with van der Waals surface area (Å²) >= 11 is 0. The first-order valence-electron chi connectivity index (χ1n) is 15.6. The van der Waals surface area contributed by atoms with Crippen LogP contribution in [-0.2, 0) is 33.3 Å². The van der Waals surface area contributed by atoms with Gasteiger partial charge in [0.2, 0.25) is 0 Å². The van der Waals surface area contributed by atoms with Crippen molar-refractivity contribution >= 4 is 11.9 Å². The third-order valence-electron chi connectivity index (χ3n) is 12.1. The fourth-order valence-corrected chi connectivity index (χ4v) is 9.93. The third-order valence-corrected chi connectivity index (χ3v) is 12.1. The summed E-state index contributed by atoms with van der Waals surface area (Å²) in [6.45, 7) is 7.33. The molecule has 3 saturated carbocycles. The lowest BCUT2D eigenvalue weighted by atomic mass is 9.42. The van der Waals surface area contributed by atoms with Crippen LogP contribution in [0, 0.1) is 22.7 Å². The molecule has 2 aliphatic heterocycles. The van der Waals surface area contributed by atoms with Crippen molar-refractivity contribution in [2.24, 2.45) is 22.7 Å². The van der Waals surface area contributed by atoms with Gasteiger partial charge in [0.25, 0.3) is 0 Å². The Morgan fingerprint density at radius 2 is 1.81 bits per heavy atom. The Kier molecular flexibility index (Phi) is 7.68. The van der Waals surface area contributed by atoms with Gasteiger partial charge in [0, 0.05) is 31.9 Å². The molecule has 11 heteroatoms. The number of rotatable bonds is 5. The molecule has 0 spiro atoms. The molecular weight excluding hydrogens is 560 g/mol. The van der Waals surface area contributed by atoms with Crippen molar-refractivity contribution in [2.45, 2.75) is 127 Å². The first-order valence-corrected chi connectivity index (χ1v) is 15.6. The van der Waals surface area contributed by atoms with Gasteiger partial charge in [-0.05, 0) is 73.8 Å². The summed E-state index contributed by atoms with van der Waals surface area (Å²) in [7, 11) is 1.42. The number of hydrogen-bond donors (Lipinski definition) is 4. The average Bonchev–Trinajstić information content (AvgIpc) is 3.48. The number of cyclic esters (lactones) is 1. The molecule has 240 valence electrons. The molecule has 4 aliphatic carbocycles. The molecule has 0 aromatic heterocycles. The minimum Gasteiger partial charge on any atom is -0.458 e. The molecule has 0 bridgehead atoms. The van der Waals surface area contributed by atoms with Gasteiger partial charge >= 0.3 is 11.9 Å². The molecule has 11 nitrogen and oxygen atoms in total. The van der Waals surface area contributed by atoms with E-state index in [2.05, 4.69) is 6.92 Å². The highest BCUT2D eigenvalue weighted by Crippen LogP contribution is 2.71. The molecule has 6 aliphatic rings. The predicted molar refractivity (Wildman–Crippen MR) is 150 cm³/mol. The fourth-order valence-electron chi connectivity index (χ4n) is 9.93. The lowest BCUT2D eigenvalue weighted by Crippen LogP contribution is -2.73. The molecule has 43 heavy (non-hydrogen) atoms. The fraction of sp³-hybridized carbons (Fsp3) is 0.812. The van der Waals surface area contributed by atoms with Gasteiger partial charge < -0.3 is 44.1 Å². The summed E-state index contributed by atoms with van der Waals surface area (Å²) in [5.41, 5.74) is -2.59. The van der Waals surface area contributed by atoms with Gasteiger partial charge in [0.1, 0.15) is 36.6 Å². The average molecular weight is 607 g/mol. The van der Waals surface area contributed by atoms with E-state index in [1.54, 1.807) is 6.92 Å². The Labute approximate surface area is 252 Å². The van der Waals surface area contributed by atoms with Gasteiger partial charge in [-0.3, -0.25) is 4.79 Å². The second-order valence-corrected chi connectivity index (χ2v) is 14.2. The lowest BCUT2D eigenvalue weighted by molar-refractivity contribution is -0.307. The Bertz CT molecular complexity index is 1220. The van der Waals surface area contributed by atoms with Crippen molar-refractivity contribution in [1.29, 1.82) is 0 Å². The van der Waals surface area contributed by atoms with E-state index in [9.17, 15) is 30.0 Å². The molecule has 6 rings (SSSR count). The largest absolute Gasteiger partial charge is 0.458 e. The van der Waals surface area contributed by atoms with Gasteiger partial charge in [-0.2, -0.15) is 0 Å². The monoisotopic (exact) mass is 606 g/mol. The second-order valence-electron chi connectivity index (χ2n) is 14.2. The van der Waals surface area contributed by atoms with E-state index >= 15 is 0 Å². The quantitative estimate of drug-likeness (QED) is 0.266. The van der Waals surface area contributed by atoms with E-state index in [-0.39, 0.29) is 30.8 Å². The Morgan fingerprint density at radius 1 is 1.07 bits per heavy atom. The van der Waals surface area contributed by atoms with E-state index in [4.69, 9.17) is 23.7 Å². The van der Waals surface area contributed by atoms with Gasteiger partial charge in [0.05, 0.1) is 17.8 Å². The number of hydrogen-bond acceptors (Lipinski definition) is 11. The summed E-state index contributed by atoms with van der Waals surface area (Å²) in [5.74, 6) is -1.27. The summed E-state index contributed by atoms with van der Waals surface area (Å²) in [6, 6.07) is 0. The maximum absolute atomic E-state index is 12.7. The standard InChI is InChI=1S/C32H46O11/c1-16-25(35)27(39-5)26(36)28(41-16)43-19-6-9-29(3)21(13-19)22(42-17(2)33)14-31(37)23(29)8-10-30(4)20(7-11-32(30,31)38)18-12-24(34)40-15-18/h12-13,16,19-20,22-23,25-28,35-38H,6-11,14-15H2,1-5H3/t16-,19+,20-,22+,23+,25+,26-,27+,28+,29+,30-,31-,32-/m1/s1. The van der Waals surface area contributed by atoms with Crippen molar-refractivity contribution in [2.75, 3.05) is 13.7 Å². The topological polar surface area (TPSA) is 161 Å². The van der Waals surface area contributed by atoms with Crippen LogP contribution in [0.15, 0.2) is 23.3 Å². The number of ether oxygens (including phenoxy) is 5. The van der Waals surface area contributed by atoms with Crippen molar-refractivity contribution in [3.63, 3.8) is 0 Å². The van der Waals surface area contributed by atoms with E-state index in [1.165, 1.54) is 20.1 Å². The number of aliphatic hydroxyl groups excluding tert-OH is 2. The van der Waals surface area contributed by atoms with E-state index in [0.29, 0.717) is 38.5 Å². The minimum absolute atomic E-state index is 0.0379. The van der Waals surface area contributed by atoms with E-state index in [1.807, 2.05) is 13.0 Å². The first kappa shape index (κ1) is 31.1. The van der Waals surface area contributed by atoms with Gasteiger partial charge in [-0.25, -0.2) is 4.79 Å². The highest BCUT2D eigenvalue weighted by atomic mass is 16.7. The third kappa shape index (κ3) is 4.48. The van der Waals surface area contributed by atoms with Crippen LogP contribution in [0.5, 0.6) is 0 Å². The van der Waals surface area contributed by atoms with Crippen LogP contribution in [0.4, 0.5) is 0 Å². The number of carbonyl (C=O) groups is 2. The van der Waals surface area contributed by atoms with Crippen LogP contribution < -0.4 is 0 Å². The molecule has 1 saturated heterocycles. The van der Waals surface area contributed by atoms with Crippen molar-refractivity contribution < 1.29 is 53.7 Å². The minimum atomic E-state index is -1.54. The first-order chi connectivity index (χ1) is 20.2. The molecular formula is C32H46O11. The van der Waals surface area contributed by atoms with Crippen LogP contribution in [0.1, 0.15) is 72.6 Å². The van der Waals surface area contributed by atoms with Crippen molar-refractivity contribution in [3.8, 4) is 0 Å². The highest BCUT2D eigenvalue weighted by Gasteiger charge is 2.75. The molecule has 4 fully saturated rings.